The Morgan fingerprint density at radius 2 is 2.35 bits per heavy atom. The number of methoxy groups -OCH3 is 1. The monoisotopic (exact) mass is 275 g/mol. The lowest BCUT2D eigenvalue weighted by Gasteiger charge is -2.19. The molecule has 0 aliphatic carbocycles. The predicted octanol–water partition coefficient (Wildman–Crippen LogP) is 1.71. The molecule has 0 N–H and O–H groups in total. The van der Waals surface area contributed by atoms with Gasteiger partial charge < -0.3 is 4.74 Å². The quantitative estimate of drug-likeness (QED) is 0.679. The first-order valence-corrected chi connectivity index (χ1v) is 7.69. The van der Waals surface area contributed by atoms with Gasteiger partial charge >= 0.3 is 0 Å². The third-order valence-corrected chi connectivity index (χ3v) is 4.79. The number of rotatable bonds is 8. The van der Waals surface area contributed by atoms with Crippen molar-refractivity contribution in [3.63, 3.8) is 0 Å². The lowest BCUT2D eigenvalue weighted by Crippen LogP contribution is -2.33. The zero-order chi connectivity index (χ0) is 12.7. The third-order valence-electron chi connectivity index (χ3n) is 2.18. The first-order chi connectivity index (χ1) is 8.10. The highest BCUT2D eigenvalue weighted by atomic mass is 32.2. The topological polar surface area (TPSA) is 46.6 Å². The van der Waals surface area contributed by atoms with Crippen LogP contribution in [0.25, 0.3) is 0 Å². The highest BCUT2D eigenvalue weighted by Gasteiger charge is 2.20. The van der Waals surface area contributed by atoms with Gasteiger partial charge in [0.1, 0.15) is 0 Å². The molecule has 0 fully saturated rings. The van der Waals surface area contributed by atoms with Crippen LogP contribution in [0, 0.1) is 0 Å². The summed E-state index contributed by atoms with van der Waals surface area (Å²) in [7, 11) is -1.79. The van der Waals surface area contributed by atoms with E-state index in [0.717, 1.165) is 4.88 Å². The maximum atomic E-state index is 12.0. The summed E-state index contributed by atoms with van der Waals surface area (Å²) in [5.41, 5.74) is 0. The summed E-state index contributed by atoms with van der Waals surface area (Å²) in [5, 5.41) is 1.93. The Morgan fingerprint density at radius 3 is 2.88 bits per heavy atom. The van der Waals surface area contributed by atoms with Crippen molar-refractivity contribution < 1.29 is 13.2 Å². The van der Waals surface area contributed by atoms with Crippen LogP contribution in [0.5, 0.6) is 0 Å². The molecule has 0 bridgehead atoms. The molecule has 17 heavy (non-hydrogen) atoms. The van der Waals surface area contributed by atoms with Crippen LogP contribution in [-0.2, 0) is 21.3 Å². The summed E-state index contributed by atoms with van der Waals surface area (Å²) in [6.45, 7) is 4.52. The molecule has 0 unspecified atom stereocenters. The highest BCUT2D eigenvalue weighted by molar-refractivity contribution is 7.89. The molecule has 0 aliphatic heterocycles. The number of sulfonamides is 1. The van der Waals surface area contributed by atoms with Crippen LogP contribution in [0.1, 0.15) is 4.88 Å². The van der Waals surface area contributed by atoms with Crippen LogP contribution in [-0.4, -0.2) is 38.7 Å². The van der Waals surface area contributed by atoms with Gasteiger partial charge in [-0.2, -0.15) is 4.31 Å². The highest BCUT2D eigenvalue weighted by Crippen LogP contribution is 2.14. The molecular weight excluding hydrogens is 258 g/mol. The van der Waals surface area contributed by atoms with E-state index in [1.807, 2.05) is 17.5 Å². The van der Waals surface area contributed by atoms with Crippen molar-refractivity contribution >= 4 is 21.4 Å². The lowest BCUT2D eigenvalue weighted by molar-refractivity contribution is 0.215. The maximum Gasteiger partial charge on any atom is 0.216 e. The van der Waals surface area contributed by atoms with Gasteiger partial charge in [-0.1, -0.05) is 12.1 Å². The largest absolute Gasteiger partial charge is 0.384 e. The first kappa shape index (κ1) is 14.4. The Kier molecular flexibility index (Phi) is 5.84. The Bertz CT molecular complexity index is 426. The molecule has 1 aromatic heterocycles. The molecule has 1 rings (SSSR count). The molecule has 0 spiro atoms. The van der Waals surface area contributed by atoms with Gasteiger partial charge in [0.25, 0.3) is 0 Å². The van der Waals surface area contributed by atoms with E-state index in [4.69, 9.17) is 4.74 Å². The van der Waals surface area contributed by atoms with Crippen LogP contribution in [0.4, 0.5) is 0 Å². The van der Waals surface area contributed by atoms with Gasteiger partial charge in [-0.3, -0.25) is 0 Å². The van der Waals surface area contributed by atoms with Crippen molar-refractivity contribution in [3.05, 3.63) is 35.0 Å². The van der Waals surface area contributed by atoms with Gasteiger partial charge in [-0.05, 0) is 11.4 Å². The second-order valence-electron chi connectivity index (χ2n) is 3.47. The van der Waals surface area contributed by atoms with E-state index >= 15 is 0 Å². The van der Waals surface area contributed by atoms with Crippen molar-refractivity contribution in [1.29, 1.82) is 0 Å². The standard InChI is InChI=1S/C11H17NO3S2/c1-3-6-12(10-11-5-4-8-16-11)17(13,14)9-7-15-2/h3-5,8H,1,6-7,9-10H2,2H3. The van der Waals surface area contributed by atoms with E-state index in [0.29, 0.717) is 13.1 Å². The third kappa shape index (κ3) is 4.59. The van der Waals surface area contributed by atoms with Crippen molar-refractivity contribution in [2.24, 2.45) is 0 Å². The molecular formula is C11H17NO3S2. The fourth-order valence-corrected chi connectivity index (χ4v) is 3.42. The normalized spacial score (nSPS) is 11.9. The SMILES string of the molecule is C=CCN(Cc1cccs1)S(=O)(=O)CCOC. The van der Waals surface area contributed by atoms with Crippen LogP contribution in [0.15, 0.2) is 30.2 Å². The van der Waals surface area contributed by atoms with E-state index in [-0.39, 0.29) is 12.4 Å². The minimum absolute atomic E-state index is 0.00269. The molecule has 0 aliphatic rings. The van der Waals surface area contributed by atoms with Gasteiger partial charge in [0.15, 0.2) is 0 Å². The molecule has 0 amide bonds. The van der Waals surface area contributed by atoms with Crippen molar-refractivity contribution in [3.8, 4) is 0 Å². The molecule has 1 aromatic rings. The van der Waals surface area contributed by atoms with Gasteiger partial charge in [-0.15, -0.1) is 17.9 Å². The molecule has 0 aromatic carbocycles. The summed E-state index contributed by atoms with van der Waals surface area (Å²) in [4.78, 5) is 1.02. The summed E-state index contributed by atoms with van der Waals surface area (Å²) >= 11 is 1.55. The maximum absolute atomic E-state index is 12.0. The molecule has 4 nitrogen and oxygen atoms in total. The van der Waals surface area contributed by atoms with Crippen LogP contribution in [0.3, 0.4) is 0 Å². The Labute approximate surface area is 107 Å². The minimum Gasteiger partial charge on any atom is -0.384 e. The molecule has 0 radical (unpaired) electrons. The predicted molar refractivity (Wildman–Crippen MR) is 70.6 cm³/mol. The van der Waals surface area contributed by atoms with E-state index in [1.165, 1.54) is 11.4 Å². The minimum atomic E-state index is -3.28. The number of thiophene rings is 1. The summed E-state index contributed by atoms with van der Waals surface area (Å²) in [6.07, 6.45) is 1.60. The molecule has 96 valence electrons. The van der Waals surface area contributed by atoms with Gasteiger partial charge in [0.2, 0.25) is 10.0 Å². The summed E-state index contributed by atoms with van der Waals surface area (Å²) in [5.74, 6) is 0.00269. The fraction of sp³-hybridized carbons (Fsp3) is 0.455. The second kappa shape index (κ2) is 6.90. The second-order valence-corrected chi connectivity index (χ2v) is 6.59. The number of nitrogens with zero attached hydrogens (tertiary/aromatic N) is 1. The van der Waals surface area contributed by atoms with Crippen LogP contribution in [0.2, 0.25) is 0 Å². The zero-order valence-electron chi connectivity index (χ0n) is 9.83. The number of hydrogen-bond donors (Lipinski definition) is 0. The molecule has 0 saturated carbocycles. The Hall–Kier alpha value is -0.690. The zero-order valence-corrected chi connectivity index (χ0v) is 11.5. The summed E-state index contributed by atoms with van der Waals surface area (Å²) in [6, 6.07) is 3.83. The van der Waals surface area contributed by atoms with Crippen molar-refractivity contribution in [1.82, 2.24) is 4.31 Å². The lowest BCUT2D eigenvalue weighted by atomic mass is 10.4. The molecule has 0 atom stereocenters. The van der Waals surface area contributed by atoms with Gasteiger partial charge in [-0.25, -0.2) is 8.42 Å². The fourth-order valence-electron chi connectivity index (χ4n) is 1.31. The van der Waals surface area contributed by atoms with E-state index in [2.05, 4.69) is 6.58 Å². The smallest absolute Gasteiger partial charge is 0.216 e. The number of hydrogen-bond acceptors (Lipinski definition) is 4. The van der Waals surface area contributed by atoms with E-state index in [1.54, 1.807) is 17.4 Å². The van der Waals surface area contributed by atoms with Crippen molar-refractivity contribution in [2.75, 3.05) is 26.0 Å². The first-order valence-electron chi connectivity index (χ1n) is 5.20. The average molecular weight is 275 g/mol. The van der Waals surface area contributed by atoms with Gasteiger partial charge in [0.05, 0.1) is 12.4 Å². The van der Waals surface area contributed by atoms with Crippen LogP contribution < -0.4 is 0 Å². The number of ether oxygens (including phenoxy) is 1. The Balaban J connectivity index is 2.74. The van der Waals surface area contributed by atoms with Crippen LogP contribution >= 0.6 is 11.3 Å². The average Bonchev–Trinajstić information content (AvgIpc) is 2.79. The molecule has 6 heteroatoms. The van der Waals surface area contributed by atoms with Crippen molar-refractivity contribution in [2.45, 2.75) is 6.54 Å². The van der Waals surface area contributed by atoms with E-state index in [9.17, 15) is 8.42 Å². The summed E-state index contributed by atoms with van der Waals surface area (Å²) < 4.78 is 30.3. The molecule has 1 heterocycles. The van der Waals surface area contributed by atoms with E-state index < -0.39 is 10.0 Å². The molecule has 0 saturated heterocycles. The Morgan fingerprint density at radius 1 is 1.59 bits per heavy atom. The van der Waals surface area contributed by atoms with Gasteiger partial charge in [0, 0.05) is 25.1 Å².